The van der Waals surface area contributed by atoms with Crippen LogP contribution in [-0.2, 0) is 0 Å². The Morgan fingerprint density at radius 1 is 1.29 bits per heavy atom. The van der Waals surface area contributed by atoms with Crippen molar-refractivity contribution in [2.75, 3.05) is 0 Å². The van der Waals surface area contributed by atoms with Gasteiger partial charge in [0, 0.05) is 17.6 Å². The first-order valence-corrected chi connectivity index (χ1v) is 7.98. The van der Waals surface area contributed by atoms with Gasteiger partial charge in [-0.05, 0) is 4.66 Å². The van der Waals surface area contributed by atoms with Gasteiger partial charge in [0.15, 0.2) is 0 Å². The maximum atomic E-state index is 2.54. The lowest BCUT2D eigenvalue weighted by molar-refractivity contribution is 1.18. The van der Waals surface area contributed by atoms with Crippen molar-refractivity contribution in [2.24, 2.45) is 0 Å². The van der Waals surface area contributed by atoms with Crippen molar-refractivity contribution in [3.05, 3.63) is 0 Å². The molecule has 0 amide bonds. The van der Waals surface area contributed by atoms with Crippen LogP contribution in [-0.4, -0.2) is 17.6 Å². The quantitative estimate of drug-likeness (QED) is 0.426. The summed E-state index contributed by atoms with van der Waals surface area (Å²) in [6, 6.07) is 0. The highest BCUT2D eigenvalue weighted by Crippen LogP contribution is 2.83. The van der Waals surface area contributed by atoms with Gasteiger partial charge in [0.05, 0.1) is 0 Å². The maximum absolute atomic E-state index is 2.54. The molecule has 0 nitrogen and oxygen atoms in total. The summed E-state index contributed by atoms with van der Waals surface area (Å²) in [4.78, 5) is 0. The van der Waals surface area contributed by atoms with Gasteiger partial charge in [0.2, 0.25) is 0 Å². The van der Waals surface area contributed by atoms with Crippen LogP contribution in [0.15, 0.2) is 0 Å². The molecule has 2 rings (SSSR count). The van der Waals surface area contributed by atoms with E-state index in [9.17, 15) is 0 Å². The SMILES string of the molecule is C[SiH]1C2[SiH](C)C21C. The Hall–Kier alpha value is 0.434. The van der Waals surface area contributed by atoms with E-state index in [0.29, 0.717) is 0 Å². The molecule has 0 saturated carbocycles. The molecule has 0 bridgehead atoms. The molecule has 0 N–H and O–H groups in total. The van der Waals surface area contributed by atoms with Gasteiger partial charge in [-0.25, -0.2) is 0 Å². The number of hydrogen-bond donors (Lipinski definition) is 0. The van der Waals surface area contributed by atoms with Crippen LogP contribution in [0.2, 0.25) is 22.9 Å². The van der Waals surface area contributed by atoms with Gasteiger partial charge < -0.3 is 0 Å². The third kappa shape index (κ3) is 0.251. The monoisotopic (exact) mass is 128 g/mol. The number of rotatable bonds is 0. The molecule has 2 aliphatic rings. The Balaban J connectivity index is 2.17. The first kappa shape index (κ1) is 4.33. The third-order valence-corrected chi connectivity index (χ3v) is 18.4. The van der Waals surface area contributed by atoms with Crippen LogP contribution < -0.4 is 0 Å². The average molecular weight is 128 g/mol. The van der Waals surface area contributed by atoms with Crippen LogP contribution in [0, 0.1) is 0 Å². The predicted molar refractivity (Wildman–Crippen MR) is 38.1 cm³/mol. The number of hydrogen-bond acceptors (Lipinski definition) is 0. The molecule has 0 aliphatic carbocycles. The van der Waals surface area contributed by atoms with Gasteiger partial charge in [-0.2, -0.15) is 0 Å². The predicted octanol–water partition coefficient (Wildman–Crippen LogP) is 0.936. The normalized spacial score (nSPS) is 75.0. The summed E-state index contributed by atoms with van der Waals surface area (Å²) in [5, 5.41) is 1.41. The van der Waals surface area contributed by atoms with E-state index in [-0.39, 0.29) is 17.6 Å². The maximum Gasteiger partial charge on any atom is 0.0366 e. The van der Waals surface area contributed by atoms with Gasteiger partial charge in [-0.1, -0.05) is 25.2 Å². The van der Waals surface area contributed by atoms with Gasteiger partial charge >= 0.3 is 0 Å². The second-order valence-corrected chi connectivity index (χ2v) is 12.0. The molecule has 7 heavy (non-hydrogen) atoms. The molecule has 2 unspecified atom stereocenters. The van der Waals surface area contributed by atoms with Crippen LogP contribution in [0.4, 0.5) is 0 Å². The molecule has 2 heterocycles. The summed E-state index contributed by atoms with van der Waals surface area (Å²) in [5.41, 5.74) is 0. The van der Waals surface area contributed by atoms with Crippen LogP contribution in [0.5, 0.6) is 0 Å². The fourth-order valence-corrected chi connectivity index (χ4v) is 17.9. The van der Waals surface area contributed by atoms with E-state index in [0.717, 1.165) is 4.66 Å². The highest BCUT2D eigenvalue weighted by molar-refractivity contribution is 7.17. The van der Waals surface area contributed by atoms with Crippen molar-refractivity contribution in [3.63, 3.8) is 0 Å². The first-order valence-electron chi connectivity index (χ1n) is 3.19. The number of fused-ring (bicyclic) bond motifs is 1. The zero-order chi connectivity index (χ0) is 5.23. The molecule has 0 aromatic heterocycles. The molecular weight excluding hydrogens is 116 g/mol. The van der Waals surface area contributed by atoms with Crippen molar-refractivity contribution in [2.45, 2.75) is 29.8 Å². The fraction of sp³-hybridized carbons (Fsp3) is 1.00. The molecule has 0 radical (unpaired) electrons. The molecule has 2 fully saturated rings. The Bertz CT molecular complexity index is 111. The molecule has 2 atom stereocenters. The van der Waals surface area contributed by atoms with E-state index in [1.165, 1.54) is 5.16 Å². The Morgan fingerprint density at radius 2 is 1.57 bits per heavy atom. The van der Waals surface area contributed by atoms with Crippen LogP contribution in [0.3, 0.4) is 0 Å². The van der Waals surface area contributed by atoms with Crippen molar-refractivity contribution < 1.29 is 0 Å². The van der Waals surface area contributed by atoms with Crippen molar-refractivity contribution in [3.8, 4) is 0 Å². The fourth-order valence-electron chi connectivity index (χ4n) is 2.32. The zero-order valence-corrected chi connectivity index (χ0v) is 7.54. The van der Waals surface area contributed by atoms with E-state index in [1.807, 2.05) is 0 Å². The Labute approximate surface area is 48.1 Å². The lowest BCUT2D eigenvalue weighted by Gasteiger charge is -2.01. The molecule has 2 aliphatic heterocycles. The second kappa shape index (κ2) is 0.797. The molecule has 2 heteroatoms. The van der Waals surface area contributed by atoms with Crippen LogP contribution in [0.25, 0.3) is 0 Å². The third-order valence-electron chi connectivity index (χ3n) is 3.54. The van der Waals surface area contributed by atoms with Crippen molar-refractivity contribution >= 4 is 17.6 Å². The standard InChI is InChI=1S/C5H12Si2/c1-5-4(6(5)2)7(5)3/h4,6-7H,1-3H3. The average Bonchev–Trinajstić information content (AvgIpc) is 2.31. The van der Waals surface area contributed by atoms with E-state index in [1.54, 1.807) is 0 Å². The van der Waals surface area contributed by atoms with Crippen LogP contribution >= 0.6 is 0 Å². The topological polar surface area (TPSA) is 0 Å². The molecule has 2 saturated heterocycles. The van der Waals surface area contributed by atoms with Crippen molar-refractivity contribution in [1.29, 1.82) is 0 Å². The molecule has 0 aromatic carbocycles. The Kier molecular flexibility index (Phi) is 0.493. The van der Waals surface area contributed by atoms with Gasteiger partial charge in [-0.15, -0.1) is 0 Å². The highest BCUT2D eigenvalue weighted by Gasteiger charge is 2.80. The summed E-state index contributed by atoms with van der Waals surface area (Å²) < 4.78 is 1.11. The summed E-state index contributed by atoms with van der Waals surface area (Å²) in [6.45, 7) is 7.61. The lowest BCUT2D eigenvalue weighted by atomic mass is 10.6. The van der Waals surface area contributed by atoms with Gasteiger partial charge in [0.1, 0.15) is 0 Å². The summed E-state index contributed by atoms with van der Waals surface area (Å²) in [5.74, 6) is 0. The summed E-state index contributed by atoms with van der Waals surface area (Å²) in [6.07, 6.45) is 0. The van der Waals surface area contributed by atoms with Crippen LogP contribution in [0.1, 0.15) is 6.92 Å². The van der Waals surface area contributed by atoms with E-state index < -0.39 is 0 Å². The molecule has 40 valence electrons. The smallest absolute Gasteiger partial charge is 0.0366 e. The molecular formula is C5H12Si2. The minimum Gasteiger partial charge on any atom is -0.0718 e. The van der Waals surface area contributed by atoms with Gasteiger partial charge in [-0.3, -0.25) is 0 Å². The first-order chi connectivity index (χ1) is 3.19. The van der Waals surface area contributed by atoms with E-state index in [4.69, 9.17) is 0 Å². The largest absolute Gasteiger partial charge is 0.0718 e. The zero-order valence-electron chi connectivity index (χ0n) is 5.23. The minimum absolute atomic E-state index is 0.00309. The highest BCUT2D eigenvalue weighted by atomic mass is 28.4. The molecule has 0 spiro atoms. The summed E-state index contributed by atoms with van der Waals surface area (Å²) >= 11 is 0. The Morgan fingerprint density at radius 3 is 1.57 bits per heavy atom. The van der Waals surface area contributed by atoms with Crippen molar-refractivity contribution in [1.82, 2.24) is 0 Å². The summed E-state index contributed by atoms with van der Waals surface area (Å²) in [7, 11) is 0.00617. The lowest BCUT2D eigenvalue weighted by Crippen LogP contribution is -2.11. The van der Waals surface area contributed by atoms with E-state index in [2.05, 4.69) is 20.0 Å². The molecule has 0 aromatic rings. The van der Waals surface area contributed by atoms with Gasteiger partial charge in [0.25, 0.3) is 0 Å². The van der Waals surface area contributed by atoms with E-state index >= 15 is 0 Å². The minimum atomic E-state index is 0.00309. The second-order valence-electron chi connectivity index (χ2n) is 3.47.